The van der Waals surface area contributed by atoms with Crippen molar-refractivity contribution in [3.05, 3.63) is 64.1 Å². The first-order valence-corrected chi connectivity index (χ1v) is 9.26. The average molecular weight is 415 g/mol. The lowest BCUT2D eigenvalue weighted by Gasteiger charge is -2.29. The van der Waals surface area contributed by atoms with Gasteiger partial charge in [0.15, 0.2) is 0 Å². The Morgan fingerprint density at radius 2 is 1.69 bits per heavy atom. The van der Waals surface area contributed by atoms with Crippen molar-refractivity contribution in [3.63, 3.8) is 0 Å². The Hall–Kier alpha value is -2.47. The minimum absolute atomic E-state index is 0.177. The highest BCUT2D eigenvalue weighted by Crippen LogP contribution is 2.29. The van der Waals surface area contributed by atoms with Crippen LogP contribution in [0.25, 0.3) is 0 Å². The molecule has 0 spiro atoms. The number of carbonyl (C=O) groups is 3. The first kappa shape index (κ1) is 18.3. The lowest BCUT2D eigenvalue weighted by atomic mass is 9.96. The number of nitrogens with one attached hydrogen (secondary N) is 1. The molecule has 3 amide bonds. The summed E-state index contributed by atoms with van der Waals surface area (Å²) in [6.07, 6.45) is 0.657. The van der Waals surface area contributed by atoms with Crippen molar-refractivity contribution in [3.8, 4) is 0 Å². The van der Waals surface area contributed by atoms with Crippen LogP contribution in [0, 0.1) is 5.92 Å². The number of fused-ring (bicyclic) bond motifs is 1. The van der Waals surface area contributed by atoms with E-state index in [-0.39, 0.29) is 11.8 Å². The molecule has 5 nitrogen and oxygen atoms in total. The largest absolute Gasteiger partial charge is 0.324 e. The highest BCUT2D eigenvalue weighted by molar-refractivity contribution is 9.10. The summed E-state index contributed by atoms with van der Waals surface area (Å²) in [4.78, 5) is 39.7. The van der Waals surface area contributed by atoms with E-state index in [1.54, 1.807) is 42.5 Å². The Morgan fingerprint density at radius 1 is 1.08 bits per heavy atom. The summed E-state index contributed by atoms with van der Waals surface area (Å²) in [5.74, 6) is -1.38. The molecule has 2 atom stereocenters. The summed E-state index contributed by atoms with van der Waals surface area (Å²) in [5, 5.41) is 2.83. The Balaban J connectivity index is 1.93. The van der Waals surface area contributed by atoms with Crippen LogP contribution < -0.4 is 5.32 Å². The summed E-state index contributed by atoms with van der Waals surface area (Å²) in [7, 11) is 0. The molecule has 0 aliphatic carbocycles. The Labute approximate surface area is 160 Å². The number of nitrogens with zero attached hydrogens (tertiary/aromatic N) is 1. The smallest absolute Gasteiger partial charge is 0.262 e. The second-order valence-corrected chi connectivity index (χ2v) is 7.27. The van der Waals surface area contributed by atoms with Crippen LogP contribution in [0.1, 0.15) is 41.0 Å². The summed E-state index contributed by atoms with van der Waals surface area (Å²) in [6.45, 7) is 3.80. The zero-order chi connectivity index (χ0) is 18.8. The molecule has 1 N–H and O–H groups in total. The molecule has 3 rings (SSSR count). The highest BCUT2D eigenvalue weighted by Gasteiger charge is 2.44. The lowest BCUT2D eigenvalue weighted by molar-refractivity contribution is -0.121. The third-order valence-electron chi connectivity index (χ3n) is 4.65. The van der Waals surface area contributed by atoms with Crippen molar-refractivity contribution in [1.29, 1.82) is 0 Å². The summed E-state index contributed by atoms with van der Waals surface area (Å²) >= 11 is 3.37. The van der Waals surface area contributed by atoms with Gasteiger partial charge in [-0.15, -0.1) is 0 Å². The fraction of sp³-hybridized carbons (Fsp3) is 0.250. The van der Waals surface area contributed by atoms with E-state index in [4.69, 9.17) is 0 Å². The van der Waals surface area contributed by atoms with Crippen LogP contribution in [0.15, 0.2) is 53.0 Å². The van der Waals surface area contributed by atoms with E-state index in [0.717, 1.165) is 9.37 Å². The fourth-order valence-corrected chi connectivity index (χ4v) is 3.50. The van der Waals surface area contributed by atoms with E-state index in [9.17, 15) is 14.4 Å². The van der Waals surface area contributed by atoms with Gasteiger partial charge in [-0.3, -0.25) is 19.3 Å². The van der Waals surface area contributed by atoms with Crippen molar-refractivity contribution >= 4 is 39.3 Å². The summed E-state index contributed by atoms with van der Waals surface area (Å²) in [6, 6.07) is 13.0. The van der Waals surface area contributed by atoms with Crippen LogP contribution in [0.2, 0.25) is 0 Å². The van der Waals surface area contributed by atoms with Crippen LogP contribution >= 0.6 is 15.9 Å². The van der Waals surface area contributed by atoms with Gasteiger partial charge < -0.3 is 5.32 Å². The molecule has 0 saturated heterocycles. The molecule has 26 heavy (non-hydrogen) atoms. The predicted molar refractivity (Wildman–Crippen MR) is 103 cm³/mol. The lowest BCUT2D eigenvalue weighted by Crippen LogP contribution is -2.50. The summed E-state index contributed by atoms with van der Waals surface area (Å²) < 4.78 is 0.830. The van der Waals surface area contributed by atoms with Gasteiger partial charge in [-0.05, 0) is 36.2 Å². The first-order valence-electron chi connectivity index (χ1n) is 8.47. The zero-order valence-corrected chi connectivity index (χ0v) is 16.1. The molecule has 0 fully saturated rings. The molecule has 6 heteroatoms. The third kappa shape index (κ3) is 3.29. The topological polar surface area (TPSA) is 66.5 Å². The molecular weight excluding hydrogens is 396 g/mol. The van der Waals surface area contributed by atoms with E-state index < -0.39 is 17.9 Å². The molecule has 2 aromatic rings. The van der Waals surface area contributed by atoms with Gasteiger partial charge >= 0.3 is 0 Å². The minimum Gasteiger partial charge on any atom is -0.324 e. The van der Waals surface area contributed by atoms with E-state index in [2.05, 4.69) is 21.2 Å². The van der Waals surface area contributed by atoms with Crippen LogP contribution in [-0.2, 0) is 4.79 Å². The SMILES string of the molecule is CCC(C)C(C(=O)Nc1cccc(Br)c1)N1C(=O)c2ccccc2C1=O. The molecular formula is C20H19BrN2O3. The van der Waals surface area contributed by atoms with Crippen LogP contribution in [0.4, 0.5) is 5.69 Å². The minimum atomic E-state index is -0.869. The van der Waals surface area contributed by atoms with Crippen LogP contribution in [0.3, 0.4) is 0 Å². The van der Waals surface area contributed by atoms with E-state index >= 15 is 0 Å². The monoisotopic (exact) mass is 414 g/mol. The fourth-order valence-electron chi connectivity index (χ4n) is 3.10. The number of halogens is 1. The molecule has 0 saturated carbocycles. The highest BCUT2D eigenvalue weighted by atomic mass is 79.9. The van der Waals surface area contributed by atoms with Crippen molar-refractivity contribution in [2.24, 2.45) is 5.92 Å². The van der Waals surface area contributed by atoms with Gasteiger partial charge in [0.05, 0.1) is 11.1 Å². The van der Waals surface area contributed by atoms with Crippen molar-refractivity contribution in [1.82, 2.24) is 4.90 Å². The second kappa shape index (κ2) is 7.41. The first-order chi connectivity index (χ1) is 12.4. The quantitative estimate of drug-likeness (QED) is 0.748. The number of benzene rings is 2. The zero-order valence-electron chi connectivity index (χ0n) is 14.5. The number of hydrogen-bond donors (Lipinski definition) is 1. The van der Waals surface area contributed by atoms with Crippen molar-refractivity contribution in [2.75, 3.05) is 5.32 Å². The normalized spacial score (nSPS) is 15.6. The molecule has 0 radical (unpaired) electrons. The van der Waals surface area contributed by atoms with Gasteiger partial charge in [0.2, 0.25) is 5.91 Å². The van der Waals surface area contributed by atoms with E-state index in [1.807, 2.05) is 19.9 Å². The van der Waals surface area contributed by atoms with Gasteiger partial charge in [-0.2, -0.15) is 0 Å². The van der Waals surface area contributed by atoms with Gasteiger partial charge in [-0.1, -0.05) is 54.4 Å². The van der Waals surface area contributed by atoms with Gasteiger partial charge in [0.25, 0.3) is 11.8 Å². The van der Waals surface area contributed by atoms with Crippen molar-refractivity contribution < 1.29 is 14.4 Å². The maximum absolute atomic E-state index is 13.0. The number of amides is 3. The molecule has 134 valence electrons. The standard InChI is InChI=1S/C20H19BrN2O3/c1-3-12(2)17(18(24)22-14-8-6-7-13(21)11-14)23-19(25)15-9-4-5-10-16(15)20(23)26/h4-12,17H,3H2,1-2H3,(H,22,24). The van der Waals surface area contributed by atoms with E-state index in [0.29, 0.717) is 23.2 Å². The molecule has 0 bridgehead atoms. The molecule has 1 heterocycles. The number of anilines is 1. The number of imide groups is 1. The third-order valence-corrected chi connectivity index (χ3v) is 5.14. The number of rotatable bonds is 5. The number of hydrogen-bond acceptors (Lipinski definition) is 3. The molecule has 2 unspecified atom stereocenters. The van der Waals surface area contributed by atoms with Crippen LogP contribution in [-0.4, -0.2) is 28.7 Å². The maximum Gasteiger partial charge on any atom is 0.262 e. The number of carbonyl (C=O) groups excluding carboxylic acids is 3. The average Bonchev–Trinajstić information content (AvgIpc) is 2.87. The van der Waals surface area contributed by atoms with Gasteiger partial charge in [0.1, 0.15) is 6.04 Å². The molecule has 0 aromatic heterocycles. The Kier molecular flexibility index (Phi) is 5.23. The Bertz CT molecular complexity index is 846. The second-order valence-electron chi connectivity index (χ2n) is 6.36. The molecule has 2 aromatic carbocycles. The van der Waals surface area contributed by atoms with Crippen LogP contribution in [0.5, 0.6) is 0 Å². The molecule has 1 aliphatic rings. The Morgan fingerprint density at radius 3 is 2.23 bits per heavy atom. The van der Waals surface area contributed by atoms with E-state index in [1.165, 1.54) is 0 Å². The van der Waals surface area contributed by atoms with Crippen molar-refractivity contribution in [2.45, 2.75) is 26.3 Å². The predicted octanol–water partition coefficient (Wildman–Crippen LogP) is 4.10. The molecule has 1 aliphatic heterocycles. The van der Waals surface area contributed by atoms with Gasteiger partial charge in [0, 0.05) is 10.2 Å². The summed E-state index contributed by atoms with van der Waals surface area (Å²) in [5.41, 5.74) is 1.30. The van der Waals surface area contributed by atoms with Gasteiger partial charge in [-0.25, -0.2) is 0 Å². The maximum atomic E-state index is 13.0.